The molecule has 0 unspecified atom stereocenters. The van der Waals surface area contributed by atoms with Crippen LogP contribution in [-0.2, 0) is 0 Å². The van der Waals surface area contributed by atoms with Gasteiger partial charge in [0.25, 0.3) is 0 Å². The van der Waals surface area contributed by atoms with E-state index < -0.39 is 0 Å². The number of benzene rings is 12. The Bertz CT molecular complexity index is 6100. The molecule has 90 heavy (non-hydrogen) atoms. The third-order valence-electron chi connectivity index (χ3n) is 17.9. The maximum absolute atomic E-state index is 6.53. The molecule has 0 aliphatic carbocycles. The Morgan fingerprint density at radius 3 is 0.889 bits per heavy atom. The maximum Gasteiger partial charge on any atom is 0.197 e. The summed E-state index contributed by atoms with van der Waals surface area (Å²) < 4.78 is 22.1. The van der Waals surface area contributed by atoms with Gasteiger partial charge in [0.15, 0.2) is 34.5 Å². The average Bonchev–Trinajstić information content (AvgIpc) is 1.65. The molecular formula is C80H48N8O2. The summed E-state index contributed by atoms with van der Waals surface area (Å²) >= 11 is 0. The van der Waals surface area contributed by atoms with Crippen LogP contribution in [0.15, 0.2) is 300 Å². The van der Waals surface area contributed by atoms with Crippen molar-refractivity contribution < 1.29 is 8.83 Å². The quantitative estimate of drug-likeness (QED) is 0.165. The minimum Gasteiger partial charge on any atom is -0.450 e. The van der Waals surface area contributed by atoms with Gasteiger partial charge in [0.2, 0.25) is 0 Å². The molecule has 0 radical (unpaired) electrons. The molecule has 0 spiro atoms. The number of hydrogen-bond acceptors (Lipinski definition) is 6. The number of rotatable bonds is 6. The molecule has 20 rings (SSSR count). The van der Waals surface area contributed by atoms with Crippen molar-refractivity contribution in [2.24, 2.45) is 0 Å². The lowest BCUT2D eigenvalue weighted by molar-refractivity contribution is 0.662. The maximum atomic E-state index is 6.53. The number of aromatic nitrogens is 8. The first-order valence-electron chi connectivity index (χ1n) is 30.2. The molecule has 8 aromatic heterocycles. The predicted molar refractivity (Wildman–Crippen MR) is 367 cm³/mol. The minimum absolute atomic E-state index is 0.647. The Labute approximate surface area is 512 Å². The number of furan rings is 2. The van der Waals surface area contributed by atoms with Gasteiger partial charge >= 0.3 is 0 Å². The lowest BCUT2D eigenvalue weighted by atomic mass is 10.1. The van der Waals surface area contributed by atoms with Crippen molar-refractivity contribution in [2.75, 3.05) is 0 Å². The Hall–Kier alpha value is -12.4. The van der Waals surface area contributed by atoms with E-state index in [4.69, 9.17) is 28.8 Å². The summed E-state index contributed by atoms with van der Waals surface area (Å²) in [5.41, 5.74) is 17.6. The zero-order valence-electron chi connectivity index (χ0n) is 48.1. The fourth-order valence-corrected chi connectivity index (χ4v) is 14.0. The van der Waals surface area contributed by atoms with E-state index in [1.165, 1.54) is 65.2 Å². The SMILES string of the molecule is c1cc(-c2nc(-n3c4ccccc4c4ccccc43)c3oc4ccccc4c3n2)cc(-n2c3ccccc3c3ccccc32)c1.c1ccc2c(c1)oc1c(-n3c4ccccc4c4ccccc43)nc(-c3ccc(-n4c5ccccc5c5ccccc54)cc3)nc12. The van der Waals surface area contributed by atoms with E-state index in [9.17, 15) is 0 Å². The summed E-state index contributed by atoms with van der Waals surface area (Å²) in [6.45, 7) is 0. The highest BCUT2D eigenvalue weighted by atomic mass is 16.3. The summed E-state index contributed by atoms with van der Waals surface area (Å²) in [6.07, 6.45) is 0. The molecule has 0 N–H and O–H groups in total. The second kappa shape index (κ2) is 19.6. The van der Waals surface area contributed by atoms with Crippen LogP contribution in [0.4, 0.5) is 0 Å². The highest BCUT2D eigenvalue weighted by Crippen LogP contribution is 2.42. The van der Waals surface area contributed by atoms with Gasteiger partial charge in [-0.2, -0.15) is 0 Å². The molecule has 0 amide bonds. The summed E-state index contributed by atoms with van der Waals surface area (Å²) in [5, 5.41) is 11.6. The van der Waals surface area contributed by atoms with E-state index >= 15 is 0 Å². The van der Waals surface area contributed by atoms with E-state index in [-0.39, 0.29) is 0 Å². The van der Waals surface area contributed by atoms with Gasteiger partial charge in [0.05, 0.1) is 44.1 Å². The van der Waals surface area contributed by atoms with Crippen LogP contribution in [0, 0.1) is 0 Å². The molecule has 0 saturated heterocycles. The smallest absolute Gasteiger partial charge is 0.197 e. The molecule has 0 fully saturated rings. The van der Waals surface area contributed by atoms with E-state index in [2.05, 4.69) is 273 Å². The minimum atomic E-state index is 0.647. The second-order valence-corrected chi connectivity index (χ2v) is 22.9. The van der Waals surface area contributed by atoms with Crippen LogP contribution in [0.2, 0.25) is 0 Å². The largest absolute Gasteiger partial charge is 0.450 e. The van der Waals surface area contributed by atoms with Gasteiger partial charge in [-0.3, -0.25) is 9.13 Å². The monoisotopic (exact) mass is 1150 g/mol. The van der Waals surface area contributed by atoms with Crippen molar-refractivity contribution in [2.45, 2.75) is 0 Å². The Kier molecular flexibility index (Phi) is 10.8. The summed E-state index contributed by atoms with van der Waals surface area (Å²) in [5.74, 6) is 2.76. The van der Waals surface area contributed by atoms with Crippen LogP contribution in [-0.4, -0.2) is 38.2 Å². The normalized spacial score (nSPS) is 12.0. The van der Waals surface area contributed by atoms with Gasteiger partial charge in [0, 0.05) is 76.4 Å². The van der Waals surface area contributed by atoms with Crippen molar-refractivity contribution in [1.82, 2.24) is 38.2 Å². The third-order valence-corrected chi connectivity index (χ3v) is 17.9. The van der Waals surface area contributed by atoms with Crippen molar-refractivity contribution in [3.8, 4) is 45.8 Å². The van der Waals surface area contributed by atoms with Crippen molar-refractivity contribution >= 4 is 131 Å². The summed E-state index contributed by atoms with van der Waals surface area (Å²) in [4.78, 5) is 20.9. The number of hydrogen-bond donors (Lipinski definition) is 0. The van der Waals surface area contributed by atoms with E-state index in [0.717, 1.165) is 89.2 Å². The molecule has 8 heterocycles. The van der Waals surface area contributed by atoms with Gasteiger partial charge in [0.1, 0.15) is 22.2 Å². The zero-order chi connectivity index (χ0) is 59.0. The first-order valence-corrected chi connectivity index (χ1v) is 30.2. The zero-order valence-corrected chi connectivity index (χ0v) is 48.1. The number of para-hydroxylation sites is 10. The van der Waals surface area contributed by atoms with E-state index in [1.807, 2.05) is 36.4 Å². The highest BCUT2D eigenvalue weighted by Gasteiger charge is 2.25. The summed E-state index contributed by atoms with van der Waals surface area (Å²) in [7, 11) is 0. The van der Waals surface area contributed by atoms with E-state index in [0.29, 0.717) is 22.8 Å². The molecule has 10 nitrogen and oxygen atoms in total. The second-order valence-electron chi connectivity index (χ2n) is 22.9. The van der Waals surface area contributed by atoms with Crippen molar-refractivity contribution in [3.05, 3.63) is 291 Å². The van der Waals surface area contributed by atoms with Gasteiger partial charge in [-0.15, -0.1) is 0 Å². The molecule has 20 aromatic rings. The fourth-order valence-electron chi connectivity index (χ4n) is 14.0. The molecular weight excluding hydrogens is 1100 g/mol. The summed E-state index contributed by atoms with van der Waals surface area (Å²) in [6, 6.07) is 101. The molecule has 0 aliphatic heterocycles. The Morgan fingerprint density at radius 2 is 0.522 bits per heavy atom. The third kappa shape index (κ3) is 7.45. The molecule has 10 heteroatoms. The first kappa shape index (κ1) is 49.8. The van der Waals surface area contributed by atoms with Crippen molar-refractivity contribution in [3.63, 3.8) is 0 Å². The molecule has 0 aliphatic rings. The highest BCUT2D eigenvalue weighted by molar-refractivity contribution is 6.15. The fraction of sp³-hybridized carbons (Fsp3) is 0. The molecule has 12 aromatic carbocycles. The van der Waals surface area contributed by atoms with Crippen LogP contribution in [0.1, 0.15) is 0 Å². The van der Waals surface area contributed by atoms with Crippen molar-refractivity contribution in [1.29, 1.82) is 0 Å². The van der Waals surface area contributed by atoms with Gasteiger partial charge in [-0.05, 0) is 109 Å². The van der Waals surface area contributed by atoms with Gasteiger partial charge in [-0.1, -0.05) is 182 Å². The Balaban J connectivity index is 0.000000130. The first-order chi connectivity index (χ1) is 44.7. The predicted octanol–water partition coefficient (Wildman–Crippen LogP) is 20.5. The van der Waals surface area contributed by atoms with Crippen LogP contribution in [0.3, 0.4) is 0 Å². The molecule has 0 saturated carbocycles. The molecule has 0 atom stereocenters. The van der Waals surface area contributed by atoms with Gasteiger partial charge in [-0.25, -0.2) is 19.9 Å². The topological polar surface area (TPSA) is 97.6 Å². The van der Waals surface area contributed by atoms with Crippen LogP contribution < -0.4 is 0 Å². The molecule has 0 bridgehead atoms. The van der Waals surface area contributed by atoms with Crippen LogP contribution >= 0.6 is 0 Å². The molecule has 420 valence electrons. The van der Waals surface area contributed by atoms with E-state index in [1.54, 1.807) is 0 Å². The van der Waals surface area contributed by atoms with Crippen LogP contribution in [0.25, 0.3) is 177 Å². The lowest BCUT2D eigenvalue weighted by Crippen LogP contribution is -2.02. The lowest BCUT2D eigenvalue weighted by Gasteiger charge is -2.12. The van der Waals surface area contributed by atoms with Gasteiger partial charge < -0.3 is 18.0 Å². The standard InChI is InChI=1S/2C40H24N4O/c1-6-19-32-27(14-1)28-15-2-7-20-33(28)43(32)26-13-11-12-25(24-26)39-41-37-31-18-5-10-23-36(31)45-38(37)40(42-39)44-34-21-8-3-16-29(34)30-17-4-9-22-35(30)44;1-6-16-32-27(11-1)28-12-2-7-17-33(28)43(32)26-23-21-25(22-24-26)39-41-37-31-15-5-10-20-36(31)45-38(37)40(42-39)44-34-18-8-3-13-29(34)30-14-4-9-19-35(30)44/h2*1-24H. The van der Waals surface area contributed by atoms with Crippen LogP contribution in [0.5, 0.6) is 0 Å². The number of nitrogens with zero attached hydrogens (tertiary/aromatic N) is 8. The Morgan fingerprint density at radius 1 is 0.222 bits per heavy atom. The number of fused-ring (bicyclic) bond motifs is 18. The average molecular weight is 1150 g/mol.